The highest BCUT2D eigenvalue weighted by Crippen LogP contribution is 2.54. The molecule has 2 aliphatic heterocycles. The van der Waals surface area contributed by atoms with Crippen LogP contribution in [0, 0.1) is 5.92 Å². The fraction of sp³-hybridized carbons (Fsp3) is 0.242. The maximum atomic E-state index is 14.1. The molecule has 0 saturated carbocycles. The molecule has 6 rings (SSSR count). The zero-order valence-corrected chi connectivity index (χ0v) is 26.7. The quantitative estimate of drug-likeness (QED) is 0.203. The zero-order valence-electron chi connectivity index (χ0n) is 25.1. The number of thioether (sulfide) groups is 1. The fourth-order valence-corrected chi connectivity index (χ4v) is 8.43. The number of imide groups is 1. The number of methoxy groups -OCH3 is 2. The van der Waals surface area contributed by atoms with Crippen LogP contribution in [0.15, 0.2) is 82.6 Å². The van der Waals surface area contributed by atoms with E-state index in [1.807, 2.05) is 12.1 Å². The van der Waals surface area contributed by atoms with Gasteiger partial charge in [-0.15, -0.1) is 0 Å². The summed E-state index contributed by atoms with van der Waals surface area (Å²) in [6.07, 6.45) is 0. The lowest BCUT2D eigenvalue weighted by Crippen LogP contribution is -2.33. The first-order valence-corrected chi connectivity index (χ1v) is 16.1. The molecule has 0 aliphatic carbocycles. The van der Waals surface area contributed by atoms with Crippen LogP contribution >= 0.6 is 23.1 Å². The van der Waals surface area contributed by atoms with Gasteiger partial charge in [-0.25, -0.2) is 9.69 Å². The molecular formula is C33H29N3O8S2. The van der Waals surface area contributed by atoms with Crippen molar-refractivity contribution in [2.45, 2.75) is 29.7 Å². The molecule has 1 aromatic heterocycles. The molecule has 46 heavy (non-hydrogen) atoms. The summed E-state index contributed by atoms with van der Waals surface area (Å²) in [5.74, 6) is -1.98. The van der Waals surface area contributed by atoms with Crippen molar-refractivity contribution in [1.82, 2.24) is 4.57 Å². The van der Waals surface area contributed by atoms with E-state index in [2.05, 4.69) is 5.32 Å². The van der Waals surface area contributed by atoms with Crippen LogP contribution in [0.4, 0.5) is 11.4 Å². The van der Waals surface area contributed by atoms with Gasteiger partial charge in [-0.05, 0) is 73.2 Å². The summed E-state index contributed by atoms with van der Waals surface area (Å²) in [5.41, 5.74) is 1.89. The van der Waals surface area contributed by atoms with Gasteiger partial charge in [-0.3, -0.25) is 23.7 Å². The molecule has 3 aromatic carbocycles. The maximum absolute atomic E-state index is 14.1. The number of aromatic nitrogens is 1. The number of amides is 3. The van der Waals surface area contributed by atoms with E-state index >= 15 is 0 Å². The van der Waals surface area contributed by atoms with Crippen molar-refractivity contribution in [2.24, 2.45) is 5.92 Å². The lowest BCUT2D eigenvalue weighted by Gasteiger charge is -2.30. The van der Waals surface area contributed by atoms with Gasteiger partial charge in [0.05, 0.1) is 43.0 Å². The molecule has 0 radical (unpaired) electrons. The second kappa shape index (κ2) is 12.9. The van der Waals surface area contributed by atoms with Crippen LogP contribution in [0.3, 0.4) is 0 Å². The van der Waals surface area contributed by atoms with Gasteiger partial charge >= 0.3 is 10.8 Å². The molecule has 3 heterocycles. The molecular weight excluding hydrogens is 631 g/mol. The Morgan fingerprint density at radius 2 is 1.48 bits per heavy atom. The first kappa shape index (κ1) is 31.1. The number of nitrogens with one attached hydrogen (secondary N) is 1. The molecule has 1 N–H and O–H groups in total. The highest BCUT2D eigenvalue weighted by molar-refractivity contribution is 8.00. The van der Waals surface area contributed by atoms with Gasteiger partial charge in [-0.1, -0.05) is 35.2 Å². The number of fused-ring (bicyclic) bond motifs is 2. The minimum atomic E-state index is -0.860. The summed E-state index contributed by atoms with van der Waals surface area (Å²) in [5, 5.41) is 2.41. The van der Waals surface area contributed by atoms with Crippen molar-refractivity contribution < 1.29 is 33.4 Å². The van der Waals surface area contributed by atoms with Crippen LogP contribution in [0.25, 0.3) is 0 Å². The molecule has 2 unspecified atom stereocenters. The molecule has 1 fully saturated rings. The number of carbonyl (C=O) groups is 4. The van der Waals surface area contributed by atoms with Crippen LogP contribution in [0.2, 0.25) is 0 Å². The predicted octanol–water partition coefficient (Wildman–Crippen LogP) is 4.54. The lowest BCUT2D eigenvalue weighted by atomic mass is 9.83. The topological polar surface area (TPSA) is 133 Å². The SMILES string of the molecule is CCOC(=O)c1ccc(N2C(=O)C3Sc4c(sc(=O)n4CC(=O)Nc4ccc(OC)cc4)[C@@H](c4ccc(OC)cc4)C3C2=O)cc1. The van der Waals surface area contributed by atoms with Gasteiger partial charge in [0.2, 0.25) is 17.7 Å². The number of benzene rings is 3. The van der Waals surface area contributed by atoms with Crippen molar-refractivity contribution >= 4 is 58.2 Å². The van der Waals surface area contributed by atoms with Gasteiger partial charge < -0.3 is 19.5 Å². The van der Waals surface area contributed by atoms with E-state index in [-0.39, 0.29) is 18.0 Å². The number of hydrogen-bond donors (Lipinski definition) is 1. The summed E-state index contributed by atoms with van der Waals surface area (Å²) in [4.78, 5) is 68.2. The summed E-state index contributed by atoms with van der Waals surface area (Å²) in [7, 11) is 3.10. The van der Waals surface area contributed by atoms with Crippen LogP contribution in [0.5, 0.6) is 11.5 Å². The molecule has 13 heteroatoms. The number of hydrogen-bond acceptors (Lipinski definition) is 10. The minimum absolute atomic E-state index is 0.218. The number of rotatable bonds is 9. The second-order valence-electron chi connectivity index (χ2n) is 10.5. The first-order valence-electron chi connectivity index (χ1n) is 14.4. The van der Waals surface area contributed by atoms with Gasteiger partial charge in [0.25, 0.3) is 0 Å². The van der Waals surface area contributed by atoms with Gasteiger partial charge in [-0.2, -0.15) is 0 Å². The number of anilines is 2. The molecule has 0 bridgehead atoms. The van der Waals surface area contributed by atoms with Gasteiger partial charge in [0.1, 0.15) is 23.3 Å². The number of nitrogens with zero attached hydrogens (tertiary/aromatic N) is 2. The lowest BCUT2D eigenvalue weighted by molar-refractivity contribution is -0.122. The number of esters is 1. The Labute approximate surface area is 272 Å². The van der Waals surface area contributed by atoms with Gasteiger partial charge in [0.15, 0.2) is 0 Å². The van der Waals surface area contributed by atoms with Crippen LogP contribution in [-0.4, -0.2) is 54.3 Å². The monoisotopic (exact) mass is 659 g/mol. The third-order valence-corrected chi connectivity index (χ3v) is 10.4. The molecule has 3 amide bonds. The second-order valence-corrected chi connectivity index (χ2v) is 12.6. The van der Waals surface area contributed by atoms with E-state index in [9.17, 15) is 24.0 Å². The fourth-order valence-electron chi connectivity index (χ4n) is 5.66. The zero-order chi connectivity index (χ0) is 32.5. The van der Waals surface area contributed by atoms with Gasteiger partial charge in [0, 0.05) is 16.5 Å². The van der Waals surface area contributed by atoms with Crippen molar-refractivity contribution in [1.29, 1.82) is 0 Å². The maximum Gasteiger partial charge on any atom is 0.338 e. The van der Waals surface area contributed by atoms with E-state index < -0.39 is 40.8 Å². The van der Waals surface area contributed by atoms with E-state index in [1.54, 1.807) is 69.7 Å². The smallest absolute Gasteiger partial charge is 0.338 e. The Kier molecular flexibility index (Phi) is 8.69. The molecule has 11 nitrogen and oxygen atoms in total. The summed E-state index contributed by atoms with van der Waals surface area (Å²) >= 11 is 2.09. The molecule has 2 aliphatic rings. The Morgan fingerprint density at radius 3 is 2.09 bits per heavy atom. The number of carbonyl (C=O) groups excluding carboxylic acids is 4. The predicted molar refractivity (Wildman–Crippen MR) is 173 cm³/mol. The molecule has 1 saturated heterocycles. The first-order chi connectivity index (χ1) is 22.2. The van der Waals surface area contributed by atoms with E-state index in [0.29, 0.717) is 38.3 Å². The number of ether oxygens (including phenoxy) is 3. The van der Waals surface area contributed by atoms with Crippen LogP contribution in [0.1, 0.15) is 33.6 Å². The largest absolute Gasteiger partial charge is 0.497 e. The molecule has 4 aromatic rings. The van der Waals surface area contributed by atoms with Crippen LogP contribution < -0.4 is 24.6 Å². The van der Waals surface area contributed by atoms with Crippen molar-refractivity contribution in [3.63, 3.8) is 0 Å². The van der Waals surface area contributed by atoms with Crippen molar-refractivity contribution in [3.05, 3.63) is 98.5 Å². The van der Waals surface area contributed by atoms with Crippen molar-refractivity contribution in [3.8, 4) is 11.5 Å². The Balaban J connectivity index is 1.36. The van der Waals surface area contributed by atoms with Crippen molar-refractivity contribution in [2.75, 3.05) is 31.0 Å². The molecule has 0 spiro atoms. The van der Waals surface area contributed by atoms with E-state index in [4.69, 9.17) is 14.2 Å². The standard InChI is InChI=1S/C33H29N3O8S2/c1-4-44-32(40)19-5-11-21(12-6-19)36-29(38)26-25(18-7-13-22(42-2)14-8-18)28-31(45-27(26)30(36)39)35(33(41)46-28)17-24(37)34-20-9-15-23(43-3)16-10-20/h5-16,25-27H,4,17H2,1-3H3,(H,34,37)/t25-,26?,27?/m0/s1. The Morgan fingerprint density at radius 1 is 0.848 bits per heavy atom. The normalized spacial score (nSPS) is 18.5. The molecule has 236 valence electrons. The van der Waals surface area contributed by atoms with Crippen LogP contribution in [-0.2, 0) is 25.7 Å². The minimum Gasteiger partial charge on any atom is -0.497 e. The third kappa shape index (κ3) is 5.67. The average Bonchev–Trinajstić information content (AvgIpc) is 3.51. The summed E-state index contributed by atoms with van der Waals surface area (Å²) in [6, 6.07) is 20.1. The Bertz CT molecular complexity index is 1870. The summed E-state index contributed by atoms with van der Waals surface area (Å²) in [6.45, 7) is 1.64. The Hall–Kier alpha value is -4.88. The summed E-state index contributed by atoms with van der Waals surface area (Å²) < 4.78 is 16.9. The molecule has 3 atom stereocenters. The van der Waals surface area contributed by atoms with E-state index in [0.717, 1.165) is 33.6 Å². The highest BCUT2D eigenvalue weighted by Gasteiger charge is 2.56. The number of thiazole rings is 1. The third-order valence-electron chi connectivity index (χ3n) is 7.84. The highest BCUT2D eigenvalue weighted by atomic mass is 32.2. The van der Waals surface area contributed by atoms with E-state index in [1.165, 1.54) is 16.7 Å². The average molecular weight is 660 g/mol.